The van der Waals surface area contributed by atoms with E-state index in [1.54, 1.807) is 0 Å². The van der Waals surface area contributed by atoms with Gasteiger partial charge in [-0.15, -0.1) is 12.4 Å². The number of carbonyl (C=O) groups is 1. The highest BCUT2D eigenvalue weighted by atomic mass is 35.5. The van der Waals surface area contributed by atoms with Crippen LogP contribution in [0.15, 0.2) is 24.3 Å². The summed E-state index contributed by atoms with van der Waals surface area (Å²) in [5.41, 5.74) is 7.90. The normalized spacial score (nSPS) is 11.5. The first-order valence-electron chi connectivity index (χ1n) is 5.73. The lowest BCUT2D eigenvalue weighted by atomic mass is 10.1. The largest absolute Gasteiger partial charge is 0.352 e. The second-order valence-corrected chi connectivity index (χ2v) is 3.98. The highest BCUT2D eigenvalue weighted by molar-refractivity contribution is 5.85. The minimum atomic E-state index is -0.117. The molecule has 17 heavy (non-hydrogen) atoms. The molecule has 1 rings (SSSR count). The molecule has 0 saturated carbocycles. The third-order valence-corrected chi connectivity index (χ3v) is 2.75. The highest BCUT2D eigenvalue weighted by Gasteiger charge is 2.10. The van der Waals surface area contributed by atoms with Gasteiger partial charge in [-0.1, -0.05) is 38.1 Å². The minimum Gasteiger partial charge on any atom is -0.352 e. The Hall–Kier alpha value is -1.06. The van der Waals surface area contributed by atoms with E-state index in [-0.39, 0.29) is 24.2 Å². The smallest absolute Gasteiger partial charge is 0.224 e. The molecular weight excluding hydrogens is 236 g/mol. The zero-order valence-electron chi connectivity index (χ0n) is 10.4. The van der Waals surface area contributed by atoms with Crippen LogP contribution in [0.25, 0.3) is 0 Å². The molecular formula is C13H21ClN2O. The SMILES string of the molecule is CCc1ccccc1CNC(=O)C(C)CN.Cl. The Bertz CT molecular complexity index is 355. The topological polar surface area (TPSA) is 55.1 Å². The molecule has 0 aliphatic heterocycles. The summed E-state index contributed by atoms with van der Waals surface area (Å²) in [6.45, 7) is 4.93. The molecule has 0 spiro atoms. The van der Waals surface area contributed by atoms with Crippen LogP contribution in [-0.2, 0) is 17.8 Å². The molecule has 3 nitrogen and oxygen atoms in total. The summed E-state index contributed by atoms with van der Waals surface area (Å²) in [4.78, 5) is 11.6. The lowest BCUT2D eigenvalue weighted by Gasteiger charge is -2.12. The van der Waals surface area contributed by atoms with Crippen LogP contribution in [0.2, 0.25) is 0 Å². The highest BCUT2D eigenvalue weighted by Crippen LogP contribution is 2.09. The van der Waals surface area contributed by atoms with E-state index in [0.29, 0.717) is 13.1 Å². The monoisotopic (exact) mass is 256 g/mol. The van der Waals surface area contributed by atoms with Crippen molar-refractivity contribution < 1.29 is 4.79 Å². The summed E-state index contributed by atoms with van der Waals surface area (Å²) >= 11 is 0. The Kier molecular flexibility index (Phi) is 7.59. The molecule has 96 valence electrons. The second kappa shape index (κ2) is 8.09. The van der Waals surface area contributed by atoms with Gasteiger partial charge in [0, 0.05) is 19.0 Å². The molecule has 4 heteroatoms. The number of aryl methyl sites for hydroxylation is 1. The first-order chi connectivity index (χ1) is 7.69. The van der Waals surface area contributed by atoms with E-state index in [1.807, 2.05) is 25.1 Å². The number of halogens is 1. The molecule has 0 aliphatic carbocycles. The maximum Gasteiger partial charge on any atom is 0.224 e. The van der Waals surface area contributed by atoms with Crippen molar-refractivity contribution in [2.24, 2.45) is 11.7 Å². The van der Waals surface area contributed by atoms with E-state index >= 15 is 0 Å². The van der Waals surface area contributed by atoms with Crippen LogP contribution in [0.4, 0.5) is 0 Å². The van der Waals surface area contributed by atoms with Gasteiger partial charge in [0.05, 0.1) is 0 Å². The second-order valence-electron chi connectivity index (χ2n) is 3.98. The molecule has 0 saturated heterocycles. The van der Waals surface area contributed by atoms with Gasteiger partial charge < -0.3 is 11.1 Å². The molecule has 0 aliphatic rings. The molecule has 1 atom stereocenters. The molecule has 0 radical (unpaired) electrons. The van der Waals surface area contributed by atoms with Crippen molar-refractivity contribution in [2.45, 2.75) is 26.8 Å². The summed E-state index contributed by atoms with van der Waals surface area (Å²) in [7, 11) is 0. The van der Waals surface area contributed by atoms with E-state index in [1.165, 1.54) is 11.1 Å². The number of amides is 1. The van der Waals surface area contributed by atoms with Gasteiger partial charge in [0.1, 0.15) is 0 Å². The van der Waals surface area contributed by atoms with E-state index in [9.17, 15) is 4.79 Å². The zero-order valence-corrected chi connectivity index (χ0v) is 11.2. The van der Waals surface area contributed by atoms with E-state index in [0.717, 1.165) is 6.42 Å². The fourth-order valence-electron chi connectivity index (χ4n) is 1.54. The third-order valence-electron chi connectivity index (χ3n) is 2.75. The number of rotatable bonds is 5. The van der Waals surface area contributed by atoms with E-state index < -0.39 is 0 Å². The number of carbonyl (C=O) groups excluding carboxylic acids is 1. The predicted molar refractivity (Wildman–Crippen MR) is 73.1 cm³/mol. The Morgan fingerprint density at radius 3 is 2.47 bits per heavy atom. The number of benzene rings is 1. The Morgan fingerprint density at radius 1 is 1.35 bits per heavy atom. The molecule has 1 aromatic carbocycles. The molecule has 1 amide bonds. The lowest BCUT2D eigenvalue weighted by Crippen LogP contribution is -2.33. The van der Waals surface area contributed by atoms with Crippen LogP contribution in [0.5, 0.6) is 0 Å². The number of hydrogen-bond donors (Lipinski definition) is 2. The van der Waals surface area contributed by atoms with Gasteiger partial charge >= 0.3 is 0 Å². The first-order valence-corrected chi connectivity index (χ1v) is 5.73. The fourth-order valence-corrected chi connectivity index (χ4v) is 1.54. The van der Waals surface area contributed by atoms with Crippen molar-refractivity contribution in [3.8, 4) is 0 Å². The van der Waals surface area contributed by atoms with Gasteiger partial charge in [0.15, 0.2) is 0 Å². The Labute approximate surface area is 109 Å². The predicted octanol–water partition coefficient (Wildman–Crippen LogP) is 1.88. The van der Waals surface area contributed by atoms with Crippen molar-refractivity contribution in [3.63, 3.8) is 0 Å². The van der Waals surface area contributed by atoms with Gasteiger partial charge in [-0.3, -0.25) is 4.79 Å². The summed E-state index contributed by atoms with van der Waals surface area (Å²) < 4.78 is 0. The average molecular weight is 257 g/mol. The van der Waals surface area contributed by atoms with Crippen molar-refractivity contribution in [1.29, 1.82) is 0 Å². The van der Waals surface area contributed by atoms with E-state index in [4.69, 9.17) is 5.73 Å². The van der Waals surface area contributed by atoms with Crippen molar-refractivity contribution >= 4 is 18.3 Å². The maximum absolute atomic E-state index is 11.6. The van der Waals surface area contributed by atoms with Crippen LogP contribution in [-0.4, -0.2) is 12.5 Å². The molecule has 0 heterocycles. The molecule has 0 bridgehead atoms. The van der Waals surface area contributed by atoms with Gasteiger partial charge in [-0.05, 0) is 17.5 Å². The average Bonchev–Trinajstić information content (AvgIpc) is 2.35. The lowest BCUT2D eigenvalue weighted by molar-refractivity contribution is -0.124. The Morgan fingerprint density at radius 2 is 1.94 bits per heavy atom. The van der Waals surface area contributed by atoms with Crippen LogP contribution in [0.3, 0.4) is 0 Å². The summed E-state index contributed by atoms with van der Waals surface area (Å²) in [6, 6.07) is 8.15. The maximum atomic E-state index is 11.6. The summed E-state index contributed by atoms with van der Waals surface area (Å²) in [5, 5.41) is 2.91. The number of nitrogens with two attached hydrogens (primary N) is 1. The molecule has 0 fully saturated rings. The molecule has 1 aromatic rings. The summed E-state index contributed by atoms with van der Waals surface area (Å²) in [6.07, 6.45) is 0.985. The Balaban J connectivity index is 0.00000256. The summed E-state index contributed by atoms with van der Waals surface area (Å²) in [5.74, 6) is -0.0952. The van der Waals surface area contributed by atoms with Gasteiger partial charge in [-0.2, -0.15) is 0 Å². The van der Waals surface area contributed by atoms with Crippen molar-refractivity contribution in [1.82, 2.24) is 5.32 Å². The van der Waals surface area contributed by atoms with E-state index in [2.05, 4.69) is 18.3 Å². The molecule has 1 unspecified atom stereocenters. The van der Waals surface area contributed by atoms with Crippen LogP contribution in [0, 0.1) is 5.92 Å². The van der Waals surface area contributed by atoms with Crippen LogP contribution in [0.1, 0.15) is 25.0 Å². The first kappa shape index (κ1) is 15.9. The van der Waals surface area contributed by atoms with Gasteiger partial charge in [-0.25, -0.2) is 0 Å². The third kappa shape index (κ3) is 4.75. The molecule has 3 N–H and O–H groups in total. The van der Waals surface area contributed by atoms with Gasteiger partial charge in [0.25, 0.3) is 0 Å². The van der Waals surface area contributed by atoms with Crippen molar-refractivity contribution in [2.75, 3.05) is 6.54 Å². The minimum absolute atomic E-state index is 0. The van der Waals surface area contributed by atoms with Crippen LogP contribution < -0.4 is 11.1 Å². The number of hydrogen-bond acceptors (Lipinski definition) is 2. The van der Waals surface area contributed by atoms with Crippen molar-refractivity contribution in [3.05, 3.63) is 35.4 Å². The van der Waals surface area contributed by atoms with Crippen LogP contribution >= 0.6 is 12.4 Å². The van der Waals surface area contributed by atoms with Gasteiger partial charge in [0.2, 0.25) is 5.91 Å². The fraction of sp³-hybridized carbons (Fsp3) is 0.462. The quantitative estimate of drug-likeness (QED) is 0.845. The number of nitrogens with one attached hydrogen (secondary N) is 1. The zero-order chi connectivity index (χ0) is 12.0. The standard InChI is InChI=1S/C13H20N2O.ClH/c1-3-11-6-4-5-7-12(11)9-15-13(16)10(2)8-14;/h4-7,10H,3,8-9,14H2,1-2H3,(H,15,16);1H. The molecule has 0 aromatic heterocycles.